The summed E-state index contributed by atoms with van der Waals surface area (Å²) in [6, 6.07) is 6.06. The molecule has 7 nitrogen and oxygen atoms in total. The maximum absolute atomic E-state index is 12.6. The minimum absolute atomic E-state index is 0.00638. The number of methoxy groups -OCH3 is 2. The molecule has 114 valence electrons. The largest absolute Gasteiger partial charge is 0.398 e. The summed E-state index contributed by atoms with van der Waals surface area (Å²) in [6.45, 7) is 0.410. The number of ether oxygens (including phenoxy) is 2. The molecule has 1 saturated heterocycles. The zero-order chi connectivity index (χ0) is 15.6. The van der Waals surface area contributed by atoms with E-state index in [4.69, 9.17) is 20.5 Å². The Morgan fingerprint density at radius 3 is 2.29 bits per heavy atom. The van der Waals surface area contributed by atoms with Gasteiger partial charge in [-0.05, 0) is 18.2 Å². The quantitative estimate of drug-likeness (QED) is 0.795. The van der Waals surface area contributed by atoms with Crippen molar-refractivity contribution in [1.29, 1.82) is 5.26 Å². The van der Waals surface area contributed by atoms with Crippen LogP contribution in [0.1, 0.15) is 5.56 Å². The van der Waals surface area contributed by atoms with Crippen LogP contribution in [0.15, 0.2) is 23.1 Å². The number of benzene rings is 1. The van der Waals surface area contributed by atoms with Crippen molar-refractivity contribution < 1.29 is 17.9 Å². The van der Waals surface area contributed by atoms with Crippen LogP contribution in [0.5, 0.6) is 0 Å². The zero-order valence-corrected chi connectivity index (χ0v) is 12.6. The number of rotatable bonds is 4. The number of nitriles is 1. The van der Waals surface area contributed by atoms with Crippen molar-refractivity contribution in [2.24, 2.45) is 0 Å². The summed E-state index contributed by atoms with van der Waals surface area (Å²) in [4.78, 5) is -0.00638. The molecule has 1 aliphatic heterocycles. The van der Waals surface area contributed by atoms with Gasteiger partial charge in [-0.3, -0.25) is 0 Å². The maximum Gasteiger partial charge on any atom is 0.245 e. The number of anilines is 1. The molecule has 1 aromatic rings. The van der Waals surface area contributed by atoms with E-state index >= 15 is 0 Å². The van der Waals surface area contributed by atoms with E-state index in [1.807, 2.05) is 6.07 Å². The first-order chi connectivity index (χ1) is 9.93. The second kappa shape index (κ2) is 5.99. The monoisotopic (exact) mass is 311 g/mol. The van der Waals surface area contributed by atoms with Crippen LogP contribution in [0.25, 0.3) is 0 Å². The molecule has 0 bridgehead atoms. The first-order valence-electron chi connectivity index (χ1n) is 6.29. The first-order valence-corrected chi connectivity index (χ1v) is 7.73. The van der Waals surface area contributed by atoms with Gasteiger partial charge in [0.2, 0.25) is 10.0 Å². The Balaban J connectivity index is 2.33. The molecule has 0 amide bonds. The molecule has 1 fully saturated rings. The van der Waals surface area contributed by atoms with Gasteiger partial charge in [-0.1, -0.05) is 0 Å². The van der Waals surface area contributed by atoms with Gasteiger partial charge in [0.15, 0.2) is 0 Å². The molecule has 1 heterocycles. The Labute approximate surface area is 123 Å². The second-order valence-corrected chi connectivity index (χ2v) is 6.64. The lowest BCUT2D eigenvalue weighted by molar-refractivity contribution is -0.00461. The number of nitrogen functional groups attached to an aromatic ring is 1. The predicted molar refractivity (Wildman–Crippen MR) is 75.9 cm³/mol. The Hall–Kier alpha value is -1.66. The topological polar surface area (TPSA) is 106 Å². The van der Waals surface area contributed by atoms with Crippen molar-refractivity contribution >= 4 is 15.7 Å². The van der Waals surface area contributed by atoms with Crippen molar-refractivity contribution in [2.45, 2.75) is 17.1 Å². The lowest BCUT2D eigenvalue weighted by Crippen LogP contribution is -2.30. The highest BCUT2D eigenvalue weighted by atomic mass is 32.2. The second-order valence-electron chi connectivity index (χ2n) is 4.73. The summed E-state index contributed by atoms with van der Waals surface area (Å²) < 4.78 is 37.0. The van der Waals surface area contributed by atoms with Crippen LogP contribution in [0.2, 0.25) is 0 Å². The van der Waals surface area contributed by atoms with Crippen molar-refractivity contribution in [1.82, 2.24) is 4.31 Å². The molecule has 0 saturated carbocycles. The molecule has 0 radical (unpaired) electrons. The van der Waals surface area contributed by atoms with Crippen LogP contribution in [0.3, 0.4) is 0 Å². The van der Waals surface area contributed by atoms with E-state index in [1.54, 1.807) is 0 Å². The number of sulfonamides is 1. The lowest BCUT2D eigenvalue weighted by Gasteiger charge is -2.17. The fourth-order valence-electron chi connectivity index (χ4n) is 2.35. The third kappa shape index (κ3) is 2.87. The highest BCUT2D eigenvalue weighted by Gasteiger charge is 2.40. The van der Waals surface area contributed by atoms with Gasteiger partial charge in [0.1, 0.15) is 4.90 Å². The molecule has 2 N–H and O–H groups in total. The Morgan fingerprint density at radius 1 is 1.29 bits per heavy atom. The molecule has 0 aromatic heterocycles. The van der Waals surface area contributed by atoms with Gasteiger partial charge in [0.05, 0.1) is 29.5 Å². The smallest absolute Gasteiger partial charge is 0.245 e. The van der Waals surface area contributed by atoms with E-state index in [1.165, 1.54) is 36.7 Å². The van der Waals surface area contributed by atoms with Gasteiger partial charge >= 0.3 is 0 Å². The highest BCUT2D eigenvalue weighted by Crippen LogP contribution is 2.27. The van der Waals surface area contributed by atoms with Gasteiger partial charge in [-0.15, -0.1) is 0 Å². The Kier molecular flexibility index (Phi) is 4.49. The van der Waals surface area contributed by atoms with E-state index in [-0.39, 0.29) is 35.9 Å². The number of nitrogens with two attached hydrogens (primary N) is 1. The van der Waals surface area contributed by atoms with Crippen molar-refractivity contribution in [3.63, 3.8) is 0 Å². The fraction of sp³-hybridized carbons (Fsp3) is 0.462. The number of hydrogen-bond acceptors (Lipinski definition) is 6. The van der Waals surface area contributed by atoms with E-state index < -0.39 is 10.0 Å². The summed E-state index contributed by atoms with van der Waals surface area (Å²) in [7, 11) is -0.708. The zero-order valence-electron chi connectivity index (χ0n) is 11.8. The van der Waals surface area contributed by atoms with Gasteiger partial charge in [0.25, 0.3) is 0 Å². The van der Waals surface area contributed by atoms with Crippen LogP contribution in [0.4, 0.5) is 5.69 Å². The molecule has 2 rings (SSSR count). The number of hydrogen-bond donors (Lipinski definition) is 1. The molecule has 8 heteroatoms. The van der Waals surface area contributed by atoms with Crippen LogP contribution in [0, 0.1) is 11.3 Å². The van der Waals surface area contributed by atoms with Crippen LogP contribution >= 0.6 is 0 Å². The van der Waals surface area contributed by atoms with Crippen LogP contribution in [-0.4, -0.2) is 52.2 Å². The molecule has 2 atom stereocenters. The molecule has 0 spiro atoms. The summed E-state index contributed by atoms with van der Waals surface area (Å²) in [5.41, 5.74) is 6.14. The molecule has 1 aromatic carbocycles. The minimum Gasteiger partial charge on any atom is -0.398 e. The maximum atomic E-state index is 12.6. The summed E-state index contributed by atoms with van der Waals surface area (Å²) >= 11 is 0. The average molecular weight is 311 g/mol. The Bertz CT molecular complexity index is 656. The Morgan fingerprint density at radius 2 is 1.86 bits per heavy atom. The molecular formula is C13H17N3O4S. The van der Waals surface area contributed by atoms with E-state index in [0.29, 0.717) is 5.56 Å². The van der Waals surface area contributed by atoms with Crippen LogP contribution in [-0.2, 0) is 19.5 Å². The summed E-state index contributed by atoms with van der Waals surface area (Å²) in [5, 5.41) is 8.80. The van der Waals surface area contributed by atoms with Gasteiger partial charge < -0.3 is 15.2 Å². The third-order valence-corrected chi connectivity index (χ3v) is 5.45. The highest BCUT2D eigenvalue weighted by molar-refractivity contribution is 7.89. The molecular weight excluding hydrogens is 294 g/mol. The van der Waals surface area contributed by atoms with E-state index in [2.05, 4.69) is 0 Å². The predicted octanol–water partition coefficient (Wildman–Crippen LogP) is 0.175. The SMILES string of the molecule is COC1CN(S(=O)(=O)c2ccc(C#N)cc2N)CC1OC. The van der Waals surface area contributed by atoms with E-state index in [0.717, 1.165) is 0 Å². The first kappa shape index (κ1) is 15.7. The molecule has 1 aliphatic rings. The van der Waals surface area contributed by atoms with Crippen molar-refractivity contribution in [3.05, 3.63) is 23.8 Å². The van der Waals surface area contributed by atoms with Gasteiger partial charge in [-0.25, -0.2) is 8.42 Å². The molecule has 2 unspecified atom stereocenters. The van der Waals surface area contributed by atoms with Crippen molar-refractivity contribution in [3.8, 4) is 6.07 Å². The van der Waals surface area contributed by atoms with Crippen molar-refractivity contribution in [2.75, 3.05) is 33.0 Å². The normalized spacial score (nSPS) is 23.1. The third-order valence-electron chi connectivity index (χ3n) is 3.54. The molecule has 0 aliphatic carbocycles. The van der Waals surface area contributed by atoms with Gasteiger partial charge in [-0.2, -0.15) is 9.57 Å². The summed E-state index contributed by atoms with van der Waals surface area (Å²) in [5.74, 6) is 0. The van der Waals surface area contributed by atoms with E-state index in [9.17, 15) is 8.42 Å². The number of nitrogens with zero attached hydrogens (tertiary/aromatic N) is 2. The molecule has 21 heavy (non-hydrogen) atoms. The lowest BCUT2D eigenvalue weighted by atomic mass is 10.2. The van der Waals surface area contributed by atoms with Crippen LogP contribution < -0.4 is 5.73 Å². The summed E-state index contributed by atoms with van der Waals surface area (Å²) in [6.07, 6.45) is -0.631. The standard InChI is InChI=1S/C13H17N3O4S/c1-19-11-7-16(8-12(11)20-2)21(17,18)13-4-3-9(6-14)5-10(13)15/h3-5,11-12H,7-8,15H2,1-2H3. The minimum atomic E-state index is -3.74. The fourth-order valence-corrected chi connectivity index (χ4v) is 3.91. The van der Waals surface area contributed by atoms with Gasteiger partial charge in [0, 0.05) is 27.3 Å². The average Bonchev–Trinajstić information content (AvgIpc) is 2.90.